The molecule has 0 radical (unpaired) electrons. The summed E-state index contributed by atoms with van der Waals surface area (Å²) < 4.78 is 22.6. The van der Waals surface area contributed by atoms with Gasteiger partial charge in [-0.15, -0.1) is 0 Å². The van der Waals surface area contributed by atoms with Crippen LogP contribution in [0, 0.1) is 34.5 Å². The van der Waals surface area contributed by atoms with Crippen molar-refractivity contribution in [1.29, 1.82) is 0 Å². The molecule has 0 amide bonds. The Kier molecular flexibility index (Phi) is 7.02. The number of aliphatic hydroxyl groups excluding tert-OH is 3. The summed E-state index contributed by atoms with van der Waals surface area (Å²) in [6.45, 7) is 6.49. The lowest BCUT2D eigenvalue weighted by atomic mass is 9.42. The Labute approximate surface area is 230 Å². The van der Waals surface area contributed by atoms with Gasteiger partial charge in [-0.05, 0) is 86.5 Å². The van der Waals surface area contributed by atoms with E-state index in [2.05, 4.69) is 13.8 Å². The van der Waals surface area contributed by atoms with Crippen molar-refractivity contribution in [1.82, 2.24) is 0 Å². The predicted molar refractivity (Wildman–Crippen MR) is 139 cm³/mol. The zero-order chi connectivity index (χ0) is 27.9. The molecule has 5 unspecified atom stereocenters. The first-order valence-corrected chi connectivity index (χ1v) is 14.9. The summed E-state index contributed by atoms with van der Waals surface area (Å²) in [6, 6.07) is 0. The number of methoxy groups -OCH3 is 1. The van der Waals surface area contributed by atoms with Crippen LogP contribution < -0.4 is 0 Å². The summed E-state index contributed by atoms with van der Waals surface area (Å²) in [5, 5.41) is 45.2. The van der Waals surface area contributed by atoms with Gasteiger partial charge in [0.05, 0.1) is 23.9 Å². The maximum atomic E-state index is 12.4. The number of hydrogen-bond acceptors (Lipinski definition) is 9. The first-order valence-electron chi connectivity index (χ1n) is 14.9. The highest BCUT2D eigenvalue weighted by molar-refractivity contribution is 5.85. The van der Waals surface area contributed by atoms with Crippen LogP contribution >= 0.6 is 0 Å². The average Bonchev–Trinajstić information content (AvgIpc) is 3.43. The molecule has 4 saturated carbocycles. The van der Waals surface area contributed by atoms with Crippen molar-refractivity contribution in [2.24, 2.45) is 34.5 Å². The molecule has 6 aliphatic rings. The maximum Gasteiger partial charge on any atom is 0.331 e. The monoisotopic (exact) mass is 550 g/mol. The Morgan fingerprint density at radius 2 is 1.77 bits per heavy atom. The molecule has 2 heterocycles. The molecule has 0 aromatic carbocycles. The fourth-order valence-electron chi connectivity index (χ4n) is 10.1. The molecule has 9 nitrogen and oxygen atoms in total. The molecule has 6 rings (SSSR count). The molecular formula is C30H46O9. The van der Waals surface area contributed by atoms with E-state index in [1.807, 2.05) is 0 Å². The van der Waals surface area contributed by atoms with Gasteiger partial charge >= 0.3 is 5.97 Å². The molecule has 0 aromatic heterocycles. The Morgan fingerprint density at radius 1 is 1.00 bits per heavy atom. The van der Waals surface area contributed by atoms with Gasteiger partial charge in [0.15, 0.2) is 6.29 Å². The van der Waals surface area contributed by atoms with Crippen LogP contribution in [0.15, 0.2) is 11.6 Å². The molecule has 0 bridgehead atoms. The number of ether oxygens (including phenoxy) is 4. The van der Waals surface area contributed by atoms with Crippen LogP contribution in [0.25, 0.3) is 0 Å². The minimum absolute atomic E-state index is 0.0986. The van der Waals surface area contributed by atoms with Crippen molar-refractivity contribution in [3.8, 4) is 0 Å². The standard InChI is InChI=1S/C30H46O9/c1-15-24(33)26(36-4)25(34)27(38-15)39-18-12-17-5-6-21-20(29(17,3)22(31)13-18)7-9-28(2)19(8-10-30(21,28)35)16-11-23(32)37-14-16/h11,15,17-22,24-27,31,33-35H,5-10,12-14H2,1-4H3/t15?,17-,18-,19-,20?,21?,22-,24+,25?,26?,27-,28-,29+,30+/m1/s1. The first-order chi connectivity index (χ1) is 18.4. The highest BCUT2D eigenvalue weighted by Gasteiger charge is 2.69. The summed E-state index contributed by atoms with van der Waals surface area (Å²) in [6.07, 6.45) is 2.74. The number of carbonyl (C=O) groups is 1. The van der Waals surface area contributed by atoms with Gasteiger partial charge in [0.1, 0.15) is 24.9 Å². The van der Waals surface area contributed by atoms with Crippen LogP contribution in [0.3, 0.4) is 0 Å². The molecule has 0 spiro atoms. The molecule has 39 heavy (non-hydrogen) atoms. The van der Waals surface area contributed by atoms with Crippen LogP contribution in [0.4, 0.5) is 0 Å². The normalized spacial score (nSPS) is 55.3. The van der Waals surface area contributed by atoms with Gasteiger partial charge in [-0.2, -0.15) is 0 Å². The van der Waals surface area contributed by atoms with Gasteiger partial charge in [-0.1, -0.05) is 13.8 Å². The molecule has 0 aromatic rings. The summed E-state index contributed by atoms with van der Waals surface area (Å²) in [4.78, 5) is 11.8. The van der Waals surface area contributed by atoms with E-state index >= 15 is 0 Å². The van der Waals surface area contributed by atoms with Crippen molar-refractivity contribution in [3.63, 3.8) is 0 Å². The Hall–Kier alpha value is -1.07. The third-order valence-electron chi connectivity index (χ3n) is 12.4. The van der Waals surface area contributed by atoms with Gasteiger partial charge in [-0.25, -0.2) is 4.79 Å². The lowest BCUT2D eigenvalue weighted by Crippen LogP contribution is -2.65. The van der Waals surface area contributed by atoms with E-state index in [0.29, 0.717) is 19.4 Å². The number of aliphatic hydroxyl groups is 4. The molecule has 1 saturated heterocycles. The average molecular weight is 551 g/mol. The van der Waals surface area contributed by atoms with E-state index in [1.165, 1.54) is 7.11 Å². The number of cyclic esters (lactones) is 1. The zero-order valence-electron chi connectivity index (χ0n) is 23.6. The predicted octanol–water partition coefficient (Wildman–Crippen LogP) is 2.08. The second-order valence-corrected chi connectivity index (χ2v) is 13.8. The lowest BCUT2D eigenvalue weighted by molar-refractivity contribution is -0.317. The summed E-state index contributed by atoms with van der Waals surface area (Å²) in [7, 11) is 1.45. The third kappa shape index (κ3) is 4.02. The number of hydrogen-bond donors (Lipinski definition) is 4. The summed E-state index contributed by atoms with van der Waals surface area (Å²) in [5.41, 5.74) is -0.455. The molecule has 14 atom stereocenters. The lowest BCUT2D eigenvalue weighted by Gasteiger charge is -2.64. The molecule has 4 N–H and O–H groups in total. The first kappa shape index (κ1) is 28.1. The Bertz CT molecular complexity index is 1000. The maximum absolute atomic E-state index is 12.4. The van der Waals surface area contributed by atoms with Gasteiger partial charge in [0.25, 0.3) is 0 Å². The van der Waals surface area contributed by atoms with Crippen LogP contribution in [-0.4, -0.2) is 88.6 Å². The van der Waals surface area contributed by atoms with Gasteiger partial charge < -0.3 is 39.4 Å². The van der Waals surface area contributed by atoms with Gasteiger partial charge in [0, 0.05) is 25.0 Å². The SMILES string of the molecule is COC1C(O)[C@@H](O[C@@H]2C[C@H]3CCC4C(CC[C@]5(C)[C@@H](C6=CC(=O)OC6)CC[C@]45O)[C@@]3(C)[C@H](O)C2)OC(C)[C@@H]1O. The van der Waals surface area contributed by atoms with Crippen molar-refractivity contribution in [2.45, 2.75) is 121 Å². The minimum atomic E-state index is -1.13. The van der Waals surface area contributed by atoms with E-state index in [1.54, 1.807) is 13.0 Å². The molecule has 220 valence electrons. The number of rotatable bonds is 4. The van der Waals surface area contributed by atoms with E-state index < -0.39 is 42.4 Å². The van der Waals surface area contributed by atoms with Crippen molar-refractivity contribution in [2.75, 3.05) is 13.7 Å². The van der Waals surface area contributed by atoms with Crippen molar-refractivity contribution in [3.05, 3.63) is 11.6 Å². The smallest absolute Gasteiger partial charge is 0.331 e. The summed E-state index contributed by atoms with van der Waals surface area (Å²) >= 11 is 0. The van der Waals surface area contributed by atoms with Crippen LogP contribution in [-0.2, 0) is 23.7 Å². The highest BCUT2D eigenvalue weighted by Crippen LogP contribution is 2.70. The van der Waals surface area contributed by atoms with E-state index in [9.17, 15) is 25.2 Å². The van der Waals surface area contributed by atoms with E-state index in [-0.39, 0.29) is 46.6 Å². The Morgan fingerprint density at radius 3 is 2.46 bits per heavy atom. The van der Waals surface area contributed by atoms with E-state index in [0.717, 1.165) is 44.1 Å². The number of esters is 1. The molecule has 2 aliphatic heterocycles. The summed E-state index contributed by atoms with van der Waals surface area (Å²) in [5.74, 6) is 0.393. The van der Waals surface area contributed by atoms with Crippen LogP contribution in [0.5, 0.6) is 0 Å². The highest BCUT2D eigenvalue weighted by atomic mass is 16.7. The topological polar surface area (TPSA) is 135 Å². The van der Waals surface area contributed by atoms with Crippen molar-refractivity contribution < 1.29 is 44.2 Å². The Balaban J connectivity index is 1.19. The second kappa shape index (κ2) is 9.75. The van der Waals surface area contributed by atoms with Crippen LogP contribution in [0.1, 0.15) is 72.1 Å². The van der Waals surface area contributed by atoms with Gasteiger partial charge in [-0.3, -0.25) is 0 Å². The molecule has 9 heteroatoms. The zero-order valence-corrected chi connectivity index (χ0v) is 23.6. The molecule has 4 aliphatic carbocycles. The quantitative estimate of drug-likeness (QED) is 0.307. The molecule has 5 fully saturated rings. The fraction of sp³-hybridized carbons (Fsp3) is 0.900. The fourth-order valence-corrected chi connectivity index (χ4v) is 10.1. The minimum Gasteiger partial charge on any atom is -0.458 e. The largest absolute Gasteiger partial charge is 0.458 e. The third-order valence-corrected chi connectivity index (χ3v) is 12.4. The second-order valence-electron chi connectivity index (χ2n) is 13.8. The van der Waals surface area contributed by atoms with Crippen LogP contribution in [0.2, 0.25) is 0 Å². The van der Waals surface area contributed by atoms with Crippen molar-refractivity contribution >= 4 is 5.97 Å². The number of carbonyl (C=O) groups excluding carboxylic acids is 1. The number of fused-ring (bicyclic) bond motifs is 5. The van der Waals surface area contributed by atoms with Gasteiger partial charge in [0.2, 0.25) is 0 Å². The molecular weight excluding hydrogens is 504 g/mol. The van der Waals surface area contributed by atoms with E-state index in [4.69, 9.17) is 18.9 Å².